The van der Waals surface area contributed by atoms with E-state index in [0.29, 0.717) is 34.4 Å². The number of hydrogen-bond acceptors (Lipinski definition) is 4. The monoisotopic (exact) mass is 435 g/mol. The molecule has 0 saturated heterocycles. The van der Waals surface area contributed by atoms with Gasteiger partial charge in [0, 0.05) is 16.3 Å². The number of allylic oxidation sites excluding steroid dienone is 1. The maximum absolute atomic E-state index is 12.3. The van der Waals surface area contributed by atoms with Crippen LogP contribution >= 0.6 is 11.6 Å². The van der Waals surface area contributed by atoms with Crippen molar-refractivity contribution in [3.63, 3.8) is 0 Å². The SMILES string of the molecule is CCOc1cc(/C=C/C(=O)c2ccc(Cl)cc2)ccc1OCC(=O)Nc1ccccc1. The van der Waals surface area contributed by atoms with E-state index in [0.717, 1.165) is 5.56 Å². The maximum Gasteiger partial charge on any atom is 0.262 e. The molecule has 0 fully saturated rings. The summed E-state index contributed by atoms with van der Waals surface area (Å²) >= 11 is 5.86. The lowest BCUT2D eigenvalue weighted by Crippen LogP contribution is -2.20. The molecular formula is C25H22ClNO4. The molecule has 0 aliphatic rings. The Labute approximate surface area is 186 Å². The van der Waals surface area contributed by atoms with E-state index in [4.69, 9.17) is 21.1 Å². The molecule has 3 rings (SSSR count). The summed E-state index contributed by atoms with van der Waals surface area (Å²) in [5.41, 5.74) is 2.02. The number of anilines is 1. The number of para-hydroxylation sites is 1. The average Bonchev–Trinajstić information content (AvgIpc) is 2.78. The molecule has 1 amide bonds. The summed E-state index contributed by atoms with van der Waals surface area (Å²) in [6.45, 7) is 2.14. The topological polar surface area (TPSA) is 64.6 Å². The molecule has 0 aliphatic carbocycles. The molecule has 0 spiro atoms. The van der Waals surface area contributed by atoms with E-state index in [1.54, 1.807) is 60.7 Å². The molecule has 0 bridgehead atoms. The molecule has 0 radical (unpaired) electrons. The highest BCUT2D eigenvalue weighted by Gasteiger charge is 2.09. The highest BCUT2D eigenvalue weighted by atomic mass is 35.5. The van der Waals surface area contributed by atoms with Crippen molar-refractivity contribution in [3.8, 4) is 11.5 Å². The van der Waals surface area contributed by atoms with Gasteiger partial charge in [-0.1, -0.05) is 41.9 Å². The lowest BCUT2D eigenvalue weighted by atomic mass is 10.1. The third-order valence-corrected chi connectivity index (χ3v) is 4.49. The molecule has 0 aromatic heterocycles. The van der Waals surface area contributed by atoms with Gasteiger partial charge in [-0.3, -0.25) is 9.59 Å². The standard InChI is InChI=1S/C25H22ClNO4/c1-2-30-24-16-18(8-14-22(28)19-10-12-20(26)13-11-19)9-15-23(24)31-17-25(29)27-21-6-4-3-5-7-21/h3-16H,2,17H2,1H3,(H,27,29)/b14-8+. The first-order valence-corrected chi connectivity index (χ1v) is 10.2. The highest BCUT2D eigenvalue weighted by Crippen LogP contribution is 2.29. The minimum Gasteiger partial charge on any atom is -0.490 e. The molecule has 0 unspecified atom stereocenters. The number of amides is 1. The lowest BCUT2D eigenvalue weighted by Gasteiger charge is -2.12. The van der Waals surface area contributed by atoms with E-state index in [9.17, 15) is 9.59 Å². The van der Waals surface area contributed by atoms with E-state index in [1.165, 1.54) is 6.08 Å². The normalized spacial score (nSPS) is 10.6. The summed E-state index contributed by atoms with van der Waals surface area (Å²) in [6.07, 6.45) is 3.19. The fraction of sp³-hybridized carbons (Fsp3) is 0.120. The Bertz CT molecular complexity index is 1060. The summed E-state index contributed by atoms with van der Waals surface area (Å²) in [6, 6.07) is 21.1. The van der Waals surface area contributed by atoms with Crippen LogP contribution in [0.2, 0.25) is 5.02 Å². The fourth-order valence-electron chi connectivity index (χ4n) is 2.76. The third-order valence-electron chi connectivity index (χ3n) is 4.24. The molecule has 0 atom stereocenters. The quantitative estimate of drug-likeness (QED) is 0.348. The number of ketones is 1. The number of halogens is 1. The number of benzene rings is 3. The van der Waals surface area contributed by atoms with Crippen LogP contribution in [0.25, 0.3) is 6.08 Å². The molecule has 6 heteroatoms. The predicted octanol–water partition coefficient (Wildman–Crippen LogP) is 5.65. The lowest BCUT2D eigenvalue weighted by molar-refractivity contribution is -0.118. The zero-order chi connectivity index (χ0) is 22.1. The first-order valence-electron chi connectivity index (χ1n) is 9.77. The van der Waals surface area contributed by atoms with Crippen LogP contribution in [-0.4, -0.2) is 24.9 Å². The second-order valence-electron chi connectivity index (χ2n) is 6.55. The number of ether oxygens (including phenoxy) is 2. The number of hydrogen-bond donors (Lipinski definition) is 1. The van der Waals surface area contributed by atoms with Gasteiger partial charge in [-0.05, 0) is 67.1 Å². The Kier molecular flexibility index (Phi) is 7.85. The molecule has 0 heterocycles. The molecule has 0 aliphatic heterocycles. The molecule has 5 nitrogen and oxygen atoms in total. The summed E-state index contributed by atoms with van der Waals surface area (Å²) in [7, 11) is 0. The zero-order valence-corrected chi connectivity index (χ0v) is 17.8. The van der Waals surface area contributed by atoms with Gasteiger partial charge < -0.3 is 14.8 Å². The van der Waals surface area contributed by atoms with Crippen molar-refractivity contribution in [3.05, 3.63) is 95.0 Å². The van der Waals surface area contributed by atoms with Crippen LogP contribution in [0, 0.1) is 0 Å². The average molecular weight is 436 g/mol. The van der Waals surface area contributed by atoms with E-state index < -0.39 is 0 Å². The number of nitrogens with one attached hydrogen (secondary N) is 1. The van der Waals surface area contributed by atoms with Gasteiger partial charge in [0.05, 0.1) is 6.61 Å². The Hall–Kier alpha value is -3.57. The predicted molar refractivity (Wildman–Crippen MR) is 123 cm³/mol. The van der Waals surface area contributed by atoms with Crippen molar-refractivity contribution in [2.24, 2.45) is 0 Å². The summed E-state index contributed by atoms with van der Waals surface area (Å²) in [5.74, 6) is 0.543. The molecule has 3 aromatic carbocycles. The Morgan fingerprint density at radius 1 is 0.935 bits per heavy atom. The van der Waals surface area contributed by atoms with E-state index >= 15 is 0 Å². The van der Waals surface area contributed by atoms with Gasteiger partial charge in [0.25, 0.3) is 5.91 Å². The van der Waals surface area contributed by atoms with E-state index in [-0.39, 0.29) is 18.3 Å². The van der Waals surface area contributed by atoms with E-state index in [1.807, 2.05) is 25.1 Å². The van der Waals surface area contributed by atoms with Crippen LogP contribution in [-0.2, 0) is 4.79 Å². The largest absolute Gasteiger partial charge is 0.490 e. The van der Waals surface area contributed by atoms with Gasteiger partial charge in [-0.15, -0.1) is 0 Å². The number of carbonyl (C=O) groups is 2. The molecular weight excluding hydrogens is 414 g/mol. The van der Waals surface area contributed by atoms with Crippen molar-refractivity contribution in [2.75, 3.05) is 18.5 Å². The maximum atomic E-state index is 12.3. The third kappa shape index (κ3) is 6.73. The van der Waals surface area contributed by atoms with Gasteiger partial charge in [0.2, 0.25) is 0 Å². The molecule has 31 heavy (non-hydrogen) atoms. The van der Waals surface area contributed by atoms with Crippen LogP contribution < -0.4 is 14.8 Å². The van der Waals surface area contributed by atoms with Crippen LogP contribution in [0.4, 0.5) is 5.69 Å². The smallest absolute Gasteiger partial charge is 0.262 e. The van der Waals surface area contributed by atoms with E-state index in [2.05, 4.69) is 5.32 Å². The summed E-state index contributed by atoms with van der Waals surface area (Å²) < 4.78 is 11.3. The number of carbonyl (C=O) groups excluding carboxylic acids is 2. The Morgan fingerprint density at radius 3 is 2.39 bits per heavy atom. The van der Waals surface area contributed by atoms with Crippen LogP contribution in [0.3, 0.4) is 0 Å². The number of rotatable bonds is 9. The highest BCUT2D eigenvalue weighted by molar-refractivity contribution is 6.30. The Balaban J connectivity index is 1.65. The van der Waals surface area contributed by atoms with Crippen LogP contribution in [0.5, 0.6) is 11.5 Å². The van der Waals surface area contributed by atoms with Crippen molar-refractivity contribution in [1.82, 2.24) is 0 Å². The fourth-order valence-corrected chi connectivity index (χ4v) is 2.89. The van der Waals surface area contributed by atoms with Crippen molar-refractivity contribution < 1.29 is 19.1 Å². The molecule has 1 N–H and O–H groups in total. The van der Waals surface area contributed by atoms with Crippen molar-refractivity contribution in [2.45, 2.75) is 6.92 Å². The van der Waals surface area contributed by atoms with Gasteiger partial charge in [-0.2, -0.15) is 0 Å². The van der Waals surface area contributed by atoms with Gasteiger partial charge in [0.15, 0.2) is 23.9 Å². The second-order valence-corrected chi connectivity index (χ2v) is 6.98. The van der Waals surface area contributed by atoms with Gasteiger partial charge >= 0.3 is 0 Å². The Morgan fingerprint density at radius 2 is 1.68 bits per heavy atom. The van der Waals surface area contributed by atoms with Crippen molar-refractivity contribution in [1.29, 1.82) is 0 Å². The summed E-state index contributed by atoms with van der Waals surface area (Å²) in [5, 5.41) is 3.34. The first-order chi connectivity index (χ1) is 15.0. The van der Waals surface area contributed by atoms with Gasteiger partial charge in [0.1, 0.15) is 0 Å². The molecule has 0 saturated carbocycles. The van der Waals surface area contributed by atoms with Crippen LogP contribution in [0.1, 0.15) is 22.8 Å². The first kappa shape index (κ1) is 22.1. The second kappa shape index (κ2) is 11.0. The van der Waals surface area contributed by atoms with Crippen LogP contribution in [0.15, 0.2) is 78.9 Å². The van der Waals surface area contributed by atoms with Crippen molar-refractivity contribution >= 4 is 35.1 Å². The van der Waals surface area contributed by atoms with Gasteiger partial charge in [-0.25, -0.2) is 0 Å². The zero-order valence-electron chi connectivity index (χ0n) is 17.0. The molecule has 3 aromatic rings. The molecule has 158 valence electrons. The summed E-state index contributed by atoms with van der Waals surface area (Å²) in [4.78, 5) is 24.4. The minimum absolute atomic E-state index is 0.132. The minimum atomic E-state index is -0.272.